The van der Waals surface area contributed by atoms with Crippen molar-refractivity contribution < 1.29 is 9.90 Å². The lowest BCUT2D eigenvalue weighted by atomic mass is 9.96. The zero-order valence-corrected chi connectivity index (χ0v) is 20.3. The lowest BCUT2D eigenvalue weighted by molar-refractivity contribution is 0.104. The van der Waals surface area contributed by atoms with Gasteiger partial charge < -0.3 is 10.0 Å². The summed E-state index contributed by atoms with van der Waals surface area (Å²) in [5, 5.41) is 10.9. The molecule has 0 atom stereocenters. The Bertz CT molecular complexity index is 1250. The van der Waals surface area contributed by atoms with Gasteiger partial charge in [-0.1, -0.05) is 67.4 Å². The number of phenols is 1. The summed E-state index contributed by atoms with van der Waals surface area (Å²) in [6.07, 6.45) is 7.61. The maximum atomic E-state index is 13.7. The molecule has 1 saturated heterocycles. The predicted octanol–water partition coefficient (Wildman–Crippen LogP) is 7.31. The van der Waals surface area contributed by atoms with Crippen LogP contribution in [-0.4, -0.2) is 35.4 Å². The highest BCUT2D eigenvalue weighted by Crippen LogP contribution is 2.41. The Morgan fingerprint density at radius 3 is 2.35 bits per heavy atom. The molecule has 5 rings (SSSR count). The third-order valence-corrected chi connectivity index (χ3v) is 7.99. The minimum Gasteiger partial charge on any atom is -0.508 e. The molecule has 0 saturated carbocycles. The van der Waals surface area contributed by atoms with Crippen LogP contribution in [0.4, 0.5) is 0 Å². The number of hydrogen-bond acceptors (Lipinski definition) is 4. The van der Waals surface area contributed by atoms with E-state index in [1.165, 1.54) is 44.3 Å². The Hall–Kier alpha value is -2.95. The van der Waals surface area contributed by atoms with Crippen LogP contribution in [0.25, 0.3) is 20.5 Å². The molecule has 1 aliphatic heterocycles. The zero-order valence-electron chi connectivity index (χ0n) is 19.5. The zero-order chi connectivity index (χ0) is 23.3. The highest BCUT2D eigenvalue weighted by molar-refractivity contribution is 7.22. The number of nitrogens with zero attached hydrogens (tertiary/aromatic N) is 1. The molecule has 0 amide bonds. The van der Waals surface area contributed by atoms with E-state index in [1.807, 2.05) is 48.5 Å². The summed E-state index contributed by atoms with van der Waals surface area (Å²) in [6, 6.07) is 23.5. The van der Waals surface area contributed by atoms with Crippen molar-refractivity contribution in [1.29, 1.82) is 0 Å². The molecule has 3 nitrogen and oxygen atoms in total. The number of carbonyl (C=O) groups excluding carboxylic acids is 1. The number of aromatic hydroxyl groups is 1. The van der Waals surface area contributed by atoms with Gasteiger partial charge in [-0.2, -0.15) is 0 Å². The van der Waals surface area contributed by atoms with E-state index < -0.39 is 0 Å². The van der Waals surface area contributed by atoms with E-state index in [4.69, 9.17) is 0 Å². The van der Waals surface area contributed by atoms with Crippen LogP contribution < -0.4 is 0 Å². The van der Waals surface area contributed by atoms with Crippen molar-refractivity contribution >= 4 is 27.2 Å². The minimum absolute atomic E-state index is 0.0342. The van der Waals surface area contributed by atoms with E-state index in [2.05, 4.69) is 17.0 Å². The second-order valence-corrected chi connectivity index (χ2v) is 10.3. The van der Waals surface area contributed by atoms with Gasteiger partial charge >= 0.3 is 0 Å². The Labute approximate surface area is 205 Å². The summed E-state index contributed by atoms with van der Waals surface area (Å²) in [4.78, 5) is 17.3. The number of thiophene rings is 1. The SMILES string of the molecule is O=C(c1ccc(CCCN2CCCCCC2)cc1)c1c(-c2ccccc2)sc2cc(O)ccc12. The molecule has 0 spiro atoms. The van der Waals surface area contributed by atoms with Gasteiger partial charge in [0.25, 0.3) is 0 Å². The molecule has 0 radical (unpaired) electrons. The van der Waals surface area contributed by atoms with E-state index in [-0.39, 0.29) is 11.5 Å². The quantitative estimate of drug-likeness (QED) is 0.288. The van der Waals surface area contributed by atoms with Crippen molar-refractivity contribution in [2.45, 2.75) is 38.5 Å². The fourth-order valence-electron chi connectivity index (χ4n) is 4.94. The Morgan fingerprint density at radius 1 is 0.882 bits per heavy atom. The van der Waals surface area contributed by atoms with Crippen LogP contribution in [0, 0.1) is 0 Å². The van der Waals surface area contributed by atoms with E-state index in [9.17, 15) is 9.90 Å². The van der Waals surface area contributed by atoms with Crippen molar-refractivity contribution in [2.24, 2.45) is 0 Å². The van der Waals surface area contributed by atoms with Gasteiger partial charge in [0.15, 0.2) is 5.78 Å². The largest absolute Gasteiger partial charge is 0.508 e. The number of aryl methyl sites for hydroxylation is 1. The van der Waals surface area contributed by atoms with Crippen molar-refractivity contribution in [3.63, 3.8) is 0 Å². The van der Waals surface area contributed by atoms with Crippen LogP contribution in [-0.2, 0) is 6.42 Å². The topological polar surface area (TPSA) is 40.5 Å². The molecule has 1 N–H and O–H groups in total. The normalized spacial score (nSPS) is 14.8. The molecule has 0 bridgehead atoms. The van der Waals surface area contributed by atoms with Crippen LogP contribution in [0.2, 0.25) is 0 Å². The molecule has 34 heavy (non-hydrogen) atoms. The smallest absolute Gasteiger partial charge is 0.195 e. The maximum absolute atomic E-state index is 13.7. The van der Waals surface area contributed by atoms with Crippen molar-refractivity contribution in [3.8, 4) is 16.2 Å². The molecule has 174 valence electrons. The molecule has 1 aliphatic rings. The van der Waals surface area contributed by atoms with Gasteiger partial charge in [-0.25, -0.2) is 0 Å². The Kier molecular flexibility index (Phi) is 7.08. The molecule has 0 aliphatic carbocycles. The summed E-state index contributed by atoms with van der Waals surface area (Å²) < 4.78 is 0.923. The van der Waals surface area contributed by atoms with Gasteiger partial charge in [-0.05, 0) is 74.6 Å². The number of ketones is 1. The summed E-state index contributed by atoms with van der Waals surface area (Å²) in [5.74, 6) is 0.254. The first kappa shape index (κ1) is 22.8. The fourth-order valence-corrected chi connectivity index (χ4v) is 6.18. The molecular weight excluding hydrogens is 438 g/mol. The molecule has 4 heteroatoms. The average Bonchev–Trinajstić information content (AvgIpc) is 3.04. The summed E-state index contributed by atoms with van der Waals surface area (Å²) >= 11 is 1.56. The fraction of sp³-hybridized carbons (Fsp3) is 0.300. The maximum Gasteiger partial charge on any atom is 0.195 e. The highest BCUT2D eigenvalue weighted by Gasteiger charge is 2.21. The van der Waals surface area contributed by atoms with Crippen molar-refractivity contribution in [3.05, 3.63) is 89.5 Å². The number of phenolic OH excluding ortho intramolecular Hbond substituents is 1. The first-order valence-corrected chi connectivity index (χ1v) is 13.2. The standard InChI is InChI=1S/C30H31NO2S/c32-25-16-17-26-27(21-25)34-30(24-10-4-3-5-11-24)28(26)29(33)23-14-12-22(13-15-23)9-8-20-31-18-6-1-2-7-19-31/h3-5,10-17,21,32H,1-2,6-9,18-20H2. The summed E-state index contributed by atoms with van der Waals surface area (Å²) in [7, 11) is 0. The van der Waals surface area contributed by atoms with Crippen molar-refractivity contribution in [1.82, 2.24) is 4.90 Å². The van der Waals surface area contributed by atoms with E-state index in [0.29, 0.717) is 5.56 Å². The number of benzene rings is 3. The molecule has 1 fully saturated rings. The van der Waals surface area contributed by atoms with E-state index >= 15 is 0 Å². The van der Waals surface area contributed by atoms with Crippen molar-refractivity contribution in [2.75, 3.05) is 19.6 Å². The van der Waals surface area contributed by atoms with Crippen LogP contribution >= 0.6 is 11.3 Å². The summed E-state index contributed by atoms with van der Waals surface area (Å²) in [5.41, 5.74) is 3.74. The average molecular weight is 470 g/mol. The van der Waals surface area contributed by atoms with Gasteiger partial charge in [0.1, 0.15) is 5.75 Å². The molecule has 4 aromatic rings. The van der Waals surface area contributed by atoms with Crippen LogP contribution in [0.15, 0.2) is 72.8 Å². The number of likely N-dealkylation sites (tertiary alicyclic amines) is 1. The number of rotatable bonds is 7. The Balaban J connectivity index is 1.35. The molecule has 1 aromatic heterocycles. The second kappa shape index (κ2) is 10.5. The van der Waals surface area contributed by atoms with E-state index in [1.54, 1.807) is 23.5 Å². The third kappa shape index (κ3) is 5.08. The first-order chi connectivity index (χ1) is 16.7. The van der Waals surface area contributed by atoms with Crippen LogP contribution in [0.1, 0.15) is 53.6 Å². The number of fused-ring (bicyclic) bond motifs is 1. The molecule has 3 aromatic carbocycles. The molecular formula is C30H31NO2S. The highest BCUT2D eigenvalue weighted by atomic mass is 32.1. The monoisotopic (exact) mass is 469 g/mol. The van der Waals surface area contributed by atoms with Gasteiger partial charge in [0.2, 0.25) is 0 Å². The van der Waals surface area contributed by atoms with Gasteiger partial charge in [0.05, 0.1) is 0 Å². The molecule has 0 unspecified atom stereocenters. The van der Waals surface area contributed by atoms with Gasteiger partial charge in [-0.15, -0.1) is 11.3 Å². The molecule has 2 heterocycles. The predicted molar refractivity (Wildman–Crippen MR) is 142 cm³/mol. The minimum atomic E-state index is 0.0342. The second-order valence-electron chi connectivity index (χ2n) is 9.24. The summed E-state index contributed by atoms with van der Waals surface area (Å²) in [6.45, 7) is 3.64. The lowest BCUT2D eigenvalue weighted by Crippen LogP contribution is -2.26. The first-order valence-electron chi connectivity index (χ1n) is 12.4. The lowest BCUT2D eigenvalue weighted by Gasteiger charge is -2.19. The Morgan fingerprint density at radius 2 is 1.62 bits per heavy atom. The van der Waals surface area contributed by atoms with E-state index in [0.717, 1.165) is 45.5 Å². The number of carbonyl (C=O) groups is 1. The van der Waals surface area contributed by atoms with Crippen LogP contribution in [0.5, 0.6) is 5.75 Å². The third-order valence-electron chi connectivity index (χ3n) is 6.79. The van der Waals surface area contributed by atoms with Crippen LogP contribution in [0.3, 0.4) is 0 Å². The van der Waals surface area contributed by atoms with Gasteiger partial charge in [-0.3, -0.25) is 4.79 Å². The van der Waals surface area contributed by atoms with Gasteiger partial charge in [0, 0.05) is 26.1 Å². The number of hydrogen-bond donors (Lipinski definition) is 1.